The van der Waals surface area contributed by atoms with Gasteiger partial charge in [0.1, 0.15) is 23.1 Å². The van der Waals surface area contributed by atoms with Gasteiger partial charge < -0.3 is 24.8 Å². The Morgan fingerprint density at radius 3 is 2.47 bits per heavy atom. The number of methoxy groups -OCH3 is 2. The van der Waals surface area contributed by atoms with Crippen LogP contribution in [0.3, 0.4) is 0 Å². The fraction of sp³-hybridized carbons (Fsp3) is 0.333. The van der Waals surface area contributed by atoms with Crippen LogP contribution >= 0.6 is 23.2 Å². The minimum absolute atomic E-state index is 0.0857. The van der Waals surface area contributed by atoms with E-state index in [9.17, 15) is 0 Å². The summed E-state index contributed by atoms with van der Waals surface area (Å²) < 4.78 is 16.5. The molecule has 0 amide bonds. The van der Waals surface area contributed by atoms with Gasteiger partial charge in [0.25, 0.3) is 0 Å². The van der Waals surface area contributed by atoms with Gasteiger partial charge in [0.2, 0.25) is 0 Å². The molecule has 4 rings (SSSR count). The van der Waals surface area contributed by atoms with E-state index in [-0.39, 0.29) is 6.10 Å². The number of ether oxygens (including phenoxy) is 3. The van der Waals surface area contributed by atoms with Crippen LogP contribution in [-0.4, -0.2) is 50.0 Å². The Balaban J connectivity index is 1.98. The van der Waals surface area contributed by atoms with Crippen molar-refractivity contribution in [3.63, 3.8) is 0 Å². The lowest BCUT2D eigenvalue weighted by atomic mass is 10.1. The average molecular weight is 449 g/mol. The van der Waals surface area contributed by atoms with Gasteiger partial charge in [0.05, 0.1) is 42.7 Å². The molecular weight excluding hydrogens is 427 g/mol. The average Bonchev–Trinajstić information content (AvgIpc) is 2.73. The van der Waals surface area contributed by atoms with E-state index in [1.807, 2.05) is 19.1 Å². The summed E-state index contributed by atoms with van der Waals surface area (Å²) in [6.45, 7) is 4.07. The fourth-order valence-corrected chi connectivity index (χ4v) is 4.33. The molecule has 9 heteroatoms. The van der Waals surface area contributed by atoms with E-state index < -0.39 is 0 Å². The molecule has 1 aromatic carbocycles. The number of nitrogens with zero attached hydrogens (tertiary/aromatic N) is 3. The molecule has 0 saturated carbocycles. The first-order valence-corrected chi connectivity index (χ1v) is 10.2. The molecule has 3 aromatic rings. The summed E-state index contributed by atoms with van der Waals surface area (Å²) in [5.41, 5.74) is 7.10. The number of pyridine rings is 2. The zero-order chi connectivity index (χ0) is 21.4. The van der Waals surface area contributed by atoms with Crippen LogP contribution < -0.4 is 20.1 Å². The van der Waals surface area contributed by atoms with Crippen molar-refractivity contribution < 1.29 is 14.2 Å². The maximum Gasteiger partial charge on any atom is 0.141 e. The molecule has 0 spiro atoms. The van der Waals surface area contributed by atoms with Crippen molar-refractivity contribution in [2.24, 2.45) is 0 Å². The lowest BCUT2D eigenvalue weighted by molar-refractivity contribution is 0.0530. The van der Waals surface area contributed by atoms with Crippen molar-refractivity contribution in [2.45, 2.75) is 13.0 Å². The highest BCUT2D eigenvalue weighted by atomic mass is 35.5. The van der Waals surface area contributed by atoms with E-state index in [0.29, 0.717) is 58.3 Å². The summed E-state index contributed by atoms with van der Waals surface area (Å²) in [5.74, 6) is 2.11. The van der Waals surface area contributed by atoms with E-state index >= 15 is 0 Å². The van der Waals surface area contributed by atoms with Crippen molar-refractivity contribution in [2.75, 3.05) is 44.5 Å². The summed E-state index contributed by atoms with van der Waals surface area (Å²) in [6, 6.07) is 5.38. The molecule has 1 fully saturated rings. The molecule has 1 atom stereocenters. The highest BCUT2D eigenvalue weighted by Gasteiger charge is 2.24. The zero-order valence-corrected chi connectivity index (χ0v) is 18.4. The van der Waals surface area contributed by atoms with Crippen LogP contribution in [0.1, 0.15) is 6.92 Å². The van der Waals surface area contributed by atoms with Crippen molar-refractivity contribution in [1.29, 1.82) is 0 Å². The highest BCUT2D eigenvalue weighted by molar-refractivity contribution is 6.41. The van der Waals surface area contributed by atoms with Gasteiger partial charge in [-0.15, -0.1) is 0 Å². The summed E-state index contributed by atoms with van der Waals surface area (Å²) in [6.07, 6.45) is 1.81. The largest absolute Gasteiger partial charge is 0.495 e. The van der Waals surface area contributed by atoms with Crippen LogP contribution in [0.25, 0.3) is 22.0 Å². The first kappa shape index (κ1) is 20.8. The second-order valence-corrected chi connectivity index (χ2v) is 7.83. The molecule has 1 saturated heterocycles. The maximum atomic E-state index is 6.64. The third-order valence-corrected chi connectivity index (χ3v) is 5.84. The predicted molar refractivity (Wildman–Crippen MR) is 120 cm³/mol. The van der Waals surface area contributed by atoms with Gasteiger partial charge in [-0.05, 0) is 19.1 Å². The Morgan fingerprint density at radius 1 is 1.13 bits per heavy atom. The Bertz CT molecular complexity index is 1080. The Labute approximate surface area is 184 Å². The van der Waals surface area contributed by atoms with Crippen molar-refractivity contribution >= 4 is 45.6 Å². The van der Waals surface area contributed by atoms with E-state index in [1.165, 1.54) is 0 Å². The summed E-state index contributed by atoms with van der Waals surface area (Å²) >= 11 is 13.3. The molecule has 30 heavy (non-hydrogen) atoms. The zero-order valence-electron chi connectivity index (χ0n) is 16.9. The van der Waals surface area contributed by atoms with Gasteiger partial charge in [0, 0.05) is 41.7 Å². The fourth-order valence-electron chi connectivity index (χ4n) is 3.64. The van der Waals surface area contributed by atoms with Crippen LogP contribution in [0, 0.1) is 0 Å². The molecule has 0 radical (unpaired) electrons. The standard InChI is InChI=1S/C21H22Cl2N4O3/c1-11-10-27(4-5-30-11)21-13-7-17(24)25-9-12(13)6-14(26-21)18-19(22)15(28-2)8-16(29-3)20(18)23/h6-9,11H,4-5,10H2,1-3H3,(H2,24,25). The lowest BCUT2D eigenvalue weighted by Crippen LogP contribution is -2.41. The van der Waals surface area contributed by atoms with Crippen molar-refractivity contribution in [1.82, 2.24) is 9.97 Å². The topological polar surface area (TPSA) is 82.7 Å². The number of hydrogen-bond acceptors (Lipinski definition) is 7. The number of morpholine rings is 1. The second kappa shape index (κ2) is 8.34. The molecule has 1 unspecified atom stereocenters. The molecule has 0 bridgehead atoms. The van der Waals surface area contributed by atoms with Crippen molar-refractivity contribution in [3.05, 3.63) is 34.4 Å². The number of anilines is 2. The highest BCUT2D eigenvalue weighted by Crippen LogP contribution is 2.46. The minimum Gasteiger partial charge on any atom is -0.495 e. The number of benzene rings is 1. The summed E-state index contributed by atoms with van der Waals surface area (Å²) in [4.78, 5) is 11.4. The Kier molecular flexibility index (Phi) is 5.77. The molecule has 7 nitrogen and oxygen atoms in total. The van der Waals surface area contributed by atoms with E-state index in [4.69, 9.17) is 48.1 Å². The third-order valence-electron chi connectivity index (χ3n) is 5.09. The van der Waals surface area contributed by atoms with Crippen molar-refractivity contribution in [3.8, 4) is 22.8 Å². The number of rotatable bonds is 4. The van der Waals surface area contributed by atoms with Gasteiger partial charge in [-0.1, -0.05) is 23.2 Å². The van der Waals surface area contributed by atoms with Crippen LogP contribution in [0.5, 0.6) is 11.5 Å². The number of aromatic nitrogens is 2. The van der Waals surface area contributed by atoms with Crippen LogP contribution in [0.15, 0.2) is 24.4 Å². The Morgan fingerprint density at radius 2 is 1.83 bits per heavy atom. The molecule has 1 aliphatic rings. The predicted octanol–water partition coefficient (Wildman–Crippen LogP) is 4.43. The quantitative estimate of drug-likeness (QED) is 0.631. The van der Waals surface area contributed by atoms with Gasteiger partial charge in [-0.3, -0.25) is 0 Å². The van der Waals surface area contributed by atoms with E-state index in [0.717, 1.165) is 16.6 Å². The van der Waals surface area contributed by atoms with Crippen LogP contribution in [-0.2, 0) is 4.74 Å². The first-order chi connectivity index (χ1) is 14.4. The maximum absolute atomic E-state index is 6.64. The number of fused-ring (bicyclic) bond motifs is 1. The first-order valence-electron chi connectivity index (χ1n) is 9.46. The number of nitrogen functional groups attached to an aromatic ring is 1. The minimum atomic E-state index is 0.0857. The van der Waals surface area contributed by atoms with Gasteiger partial charge in [-0.25, -0.2) is 9.97 Å². The summed E-state index contributed by atoms with van der Waals surface area (Å²) in [5, 5.41) is 2.50. The third kappa shape index (κ3) is 3.69. The molecule has 2 N–H and O–H groups in total. The summed E-state index contributed by atoms with van der Waals surface area (Å²) in [7, 11) is 3.08. The monoisotopic (exact) mass is 448 g/mol. The normalized spacial score (nSPS) is 16.7. The molecular formula is C21H22Cl2N4O3. The van der Waals surface area contributed by atoms with E-state index in [2.05, 4.69) is 9.88 Å². The Hall–Kier alpha value is -2.48. The smallest absolute Gasteiger partial charge is 0.141 e. The molecule has 2 aromatic heterocycles. The molecule has 158 valence electrons. The SMILES string of the molecule is COc1cc(OC)c(Cl)c(-c2cc3cnc(N)cc3c(N3CCOC(C)C3)n2)c1Cl. The van der Waals surface area contributed by atoms with E-state index in [1.54, 1.807) is 26.5 Å². The molecule has 3 heterocycles. The van der Waals surface area contributed by atoms with Crippen LogP contribution in [0.2, 0.25) is 10.0 Å². The van der Waals surface area contributed by atoms with Crippen LogP contribution in [0.4, 0.5) is 11.6 Å². The second-order valence-electron chi connectivity index (χ2n) is 7.07. The number of nitrogens with two attached hydrogens (primary N) is 1. The van der Waals surface area contributed by atoms with Gasteiger partial charge in [-0.2, -0.15) is 0 Å². The number of hydrogen-bond donors (Lipinski definition) is 1. The van der Waals surface area contributed by atoms with Gasteiger partial charge in [0.15, 0.2) is 0 Å². The molecule has 1 aliphatic heterocycles. The number of halogens is 2. The van der Waals surface area contributed by atoms with Gasteiger partial charge >= 0.3 is 0 Å². The molecule has 0 aliphatic carbocycles. The lowest BCUT2D eigenvalue weighted by Gasteiger charge is -2.33.